The fourth-order valence-electron chi connectivity index (χ4n) is 0.473. The summed E-state index contributed by atoms with van der Waals surface area (Å²) in [5, 5.41) is 19.7. The van der Waals surface area contributed by atoms with Gasteiger partial charge in [0.2, 0.25) is 0 Å². The molecule has 3 nitrogen and oxygen atoms in total. The maximum atomic E-state index is 8.94. The zero-order chi connectivity index (χ0) is 8.53. The Labute approximate surface area is 65.7 Å². The molecule has 3 heteroatoms. The molecule has 0 bridgehead atoms. The molecular weight excluding hydrogens is 142 g/mol. The van der Waals surface area contributed by atoms with Crippen LogP contribution >= 0.6 is 0 Å². The summed E-state index contributed by atoms with van der Waals surface area (Å²) in [7, 11) is 0. The van der Waals surface area contributed by atoms with E-state index < -0.39 is 0 Å². The lowest BCUT2D eigenvalue weighted by atomic mass is 10.3. The SMILES string of the molecule is C=C/C=C(O)\C=C/C/C=N/O. The molecule has 0 rings (SSSR count). The second-order valence-electron chi connectivity index (χ2n) is 1.76. The summed E-state index contributed by atoms with van der Waals surface area (Å²) < 4.78 is 0. The Balaban J connectivity index is 3.73. The third-order valence-electron chi connectivity index (χ3n) is 0.900. The van der Waals surface area contributed by atoms with Crippen LogP contribution in [-0.4, -0.2) is 16.5 Å². The molecular formula is C8H11NO2. The van der Waals surface area contributed by atoms with Crippen molar-refractivity contribution in [3.63, 3.8) is 0 Å². The molecule has 0 unspecified atom stereocenters. The number of allylic oxidation sites excluding steroid dienone is 4. The van der Waals surface area contributed by atoms with Crippen molar-refractivity contribution >= 4 is 6.21 Å². The van der Waals surface area contributed by atoms with Crippen LogP contribution in [0.5, 0.6) is 0 Å². The maximum Gasteiger partial charge on any atom is 0.115 e. The first kappa shape index (κ1) is 9.49. The van der Waals surface area contributed by atoms with Crippen LogP contribution in [0.4, 0.5) is 0 Å². The lowest BCUT2D eigenvalue weighted by Gasteiger charge is -1.85. The van der Waals surface area contributed by atoms with Gasteiger partial charge in [-0.2, -0.15) is 0 Å². The summed E-state index contributed by atoms with van der Waals surface area (Å²) in [4.78, 5) is 0. The standard InChI is InChI=1S/C8H11NO2/c1-2-5-8(10)6-3-4-7-9-11/h2-3,5-7,10-11H,1,4H2/b6-3-,8-5+,9-7+. The molecule has 11 heavy (non-hydrogen) atoms. The third-order valence-corrected chi connectivity index (χ3v) is 0.900. The average Bonchev–Trinajstić information content (AvgIpc) is 1.99. The van der Waals surface area contributed by atoms with Gasteiger partial charge in [-0.3, -0.25) is 0 Å². The highest BCUT2D eigenvalue weighted by atomic mass is 16.4. The molecule has 0 saturated heterocycles. The van der Waals surface area contributed by atoms with Gasteiger partial charge in [-0.15, -0.1) is 5.16 Å². The highest BCUT2D eigenvalue weighted by Crippen LogP contribution is 1.91. The number of aliphatic hydroxyl groups is 1. The Kier molecular flexibility index (Phi) is 5.70. The summed E-state index contributed by atoms with van der Waals surface area (Å²) in [6.45, 7) is 3.41. The zero-order valence-electron chi connectivity index (χ0n) is 6.14. The molecule has 0 heterocycles. The van der Waals surface area contributed by atoms with Crippen LogP contribution < -0.4 is 0 Å². The summed E-state index contributed by atoms with van der Waals surface area (Å²) in [6, 6.07) is 0. The molecule has 60 valence electrons. The van der Waals surface area contributed by atoms with Crippen molar-refractivity contribution in [1.29, 1.82) is 0 Å². The van der Waals surface area contributed by atoms with E-state index in [-0.39, 0.29) is 5.76 Å². The van der Waals surface area contributed by atoms with Crippen molar-refractivity contribution in [2.45, 2.75) is 6.42 Å². The molecule has 0 aliphatic heterocycles. The minimum atomic E-state index is 0.131. The van der Waals surface area contributed by atoms with Gasteiger partial charge in [0.25, 0.3) is 0 Å². The van der Waals surface area contributed by atoms with E-state index in [0.717, 1.165) is 0 Å². The van der Waals surface area contributed by atoms with E-state index in [1.54, 1.807) is 6.08 Å². The van der Waals surface area contributed by atoms with E-state index in [4.69, 9.17) is 10.3 Å². The van der Waals surface area contributed by atoms with Crippen molar-refractivity contribution in [2.24, 2.45) is 5.16 Å². The molecule has 0 amide bonds. The molecule has 0 aliphatic carbocycles. The van der Waals surface area contributed by atoms with Gasteiger partial charge in [0.15, 0.2) is 0 Å². The minimum absolute atomic E-state index is 0.131. The van der Waals surface area contributed by atoms with Gasteiger partial charge >= 0.3 is 0 Å². The molecule has 0 atom stereocenters. The number of hydrogen-bond donors (Lipinski definition) is 2. The molecule has 0 aromatic carbocycles. The van der Waals surface area contributed by atoms with Gasteiger partial charge in [-0.1, -0.05) is 18.7 Å². The van der Waals surface area contributed by atoms with Crippen LogP contribution in [0.1, 0.15) is 6.42 Å². The molecule has 0 saturated carbocycles. The first-order chi connectivity index (χ1) is 5.31. The lowest BCUT2D eigenvalue weighted by molar-refractivity contribution is 0.321. The van der Waals surface area contributed by atoms with Crippen LogP contribution in [0, 0.1) is 0 Å². The van der Waals surface area contributed by atoms with Crippen LogP contribution in [0.25, 0.3) is 0 Å². The molecule has 2 N–H and O–H groups in total. The third kappa shape index (κ3) is 6.37. The summed E-state index contributed by atoms with van der Waals surface area (Å²) in [6.07, 6.45) is 7.92. The highest BCUT2D eigenvalue weighted by molar-refractivity contribution is 5.58. The van der Waals surface area contributed by atoms with E-state index in [0.29, 0.717) is 6.42 Å². The predicted octanol–water partition coefficient (Wildman–Crippen LogP) is 2.02. The fraction of sp³-hybridized carbons (Fsp3) is 0.125. The molecule has 0 radical (unpaired) electrons. The van der Waals surface area contributed by atoms with Crippen molar-refractivity contribution in [3.05, 3.63) is 36.6 Å². The van der Waals surface area contributed by atoms with Crippen molar-refractivity contribution in [2.75, 3.05) is 0 Å². The van der Waals surface area contributed by atoms with Gasteiger partial charge in [0, 0.05) is 12.6 Å². The zero-order valence-corrected chi connectivity index (χ0v) is 6.14. The Hall–Kier alpha value is -1.51. The van der Waals surface area contributed by atoms with E-state index >= 15 is 0 Å². The van der Waals surface area contributed by atoms with E-state index in [1.807, 2.05) is 0 Å². The molecule has 0 aromatic heterocycles. The normalized spacial score (nSPS) is 12.9. The molecule has 0 fully saturated rings. The van der Waals surface area contributed by atoms with Gasteiger partial charge in [-0.25, -0.2) is 0 Å². The Bertz CT molecular complexity index is 192. The van der Waals surface area contributed by atoms with Crippen molar-refractivity contribution in [1.82, 2.24) is 0 Å². The highest BCUT2D eigenvalue weighted by Gasteiger charge is 1.79. The van der Waals surface area contributed by atoms with Gasteiger partial charge in [0.05, 0.1) is 0 Å². The topological polar surface area (TPSA) is 52.8 Å². The quantitative estimate of drug-likeness (QED) is 0.213. The number of rotatable bonds is 4. The Morgan fingerprint density at radius 2 is 2.27 bits per heavy atom. The summed E-state index contributed by atoms with van der Waals surface area (Å²) >= 11 is 0. The molecule has 0 spiro atoms. The minimum Gasteiger partial charge on any atom is -0.508 e. The van der Waals surface area contributed by atoms with Crippen molar-refractivity contribution < 1.29 is 10.3 Å². The average molecular weight is 153 g/mol. The van der Waals surface area contributed by atoms with Crippen LogP contribution in [0.3, 0.4) is 0 Å². The second-order valence-corrected chi connectivity index (χ2v) is 1.76. The predicted molar refractivity (Wildman–Crippen MR) is 44.9 cm³/mol. The first-order valence-electron chi connectivity index (χ1n) is 3.15. The monoisotopic (exact) mass is 153 g/mol. The van der Waals surface area contributed by atoms with Crippen LogP contribution in [0.2, 0.25) is 0 Å². The second kappa shape index (κ2) is 6.61. The Morgan fingerprint density at radius 3 is 2.82 bits per heavy atom. The lowest BCUT2D eigenvalue weighted by Crippen LogP contribution is -1.73. The van der Waals surface area contributed by atoms with Gasteiger partial charge in [-0.05, 0) is 12.2 Å². The van der Waals surface area contributed by atoms with Crippen LogP contribution in [-0.2, 0) is 0 Å². The summed E-state index contributed by atoms with van der Waals surface area (Å²) in [5.41, 5.74) is 0. The number of hydrogen-bond acceptors (Lipinski definition) is 3. The Morgan fingerprint density at radius 1 is 1.55 bits per heavy atom. The van der Waals surface area contributed by atoms with Gasteiger partial charge in [0.1, 0.15) is 5.76 Å². The fourth-order valence-corrected chi connectivity index (χ4v) is 0.473. The number of nitrogens with zero attached hydrogens (tertiary/aromatic N) is 1. The van der Waals surface area contributed by atoms with E-state index in [1.165, 1.54) is 24.4 Å². The summed E-state index contributed by atoms with van der Waals surface area (Å²) in [5.74, 6) is 0.131. The number of aliphatic hydroxyl groups excluding tert-OH is 1. The van der Waals surface area contributed by atoms with E-state index in [9.17, 15) is 0 Å². The smallest absolute Gasteiger partial charge is 0.115 e. The van der Waals surface area contributed by atoms with Gasteiger partial charge < -0.3 is 10.3 Å². The maximum absolute atomic E-state index is 8.94. The first-order valence-corrected chi connectivity index (χ1v) is 3.15. The number of oxime groups is 1. The van der Waals surface area contributed by atoms with Crippen LogP contribution in [0.15, 0.2) is 41.8 Å². The van der Waals surface area contributed by atoms with E-state index in [2.05, 4.69) is 11.7 Å². The molecule has 0 aliphatic rings. The largest absolute Gasteiger partial charge is 0.508 e. The molecule has 0 aromatic rings. The van der Waals surface area contributed by atoms with Crippen molar-refractivity contribution in [3.8, 4) is 0 Å².